The van der Waals surface area contributed by atoms with E-state index in [-0.39, 0.29) is 17.6 Å². The first-order chi connectivity index (χ1) is 8.61. The minimum absolute atomic E-state index is 0.123. The van der Waals surface area contributed by atoms with E-state index in [9.17, 15) is 9.90 Å². The molecule has 0 saturated carbocycles. The molecule has 0 bridgehead atoms. The van der Waals surface area contributed by atoms with Gasteiger partial charge in [-0.05, 0) is 31.1 Å². The zero-order valence-electron chi connectivity index (χ0n) is 10.3. The minimum atomic E-state index is -0.228. The van der Waals surface area contributed by atoms with Crippen LogP contribution in [0.4, 0.5) is 0 Å². The number of aromatic hydroxyl groups is 1. The van der Waals surface area contributed by atoms with Crippen molar-refractivity contribution >= 4 is 5.78 Å². The Morgan fingerprint density at radius 3 is 3.00 bits per heavy atom. The van der Waals surface area contributed by atoms with Crippen molar-refractivity contribution in [3.05, 3.63) is 48.1 Å². The van der Waals surface area contributed by atoms with Crippen LogP contribution < -0.4 is 4.74 Å². The Labute approximate surface area is 106 Å². The number of ether oxygens (including phenoxy) is 1. The van der Waals surface area contributed by atoms with Crippen molar-refractivity contribution in [2.24, 2.45) is 0 Å². The minimum Gasteiger partial charge on any atom is -0.508 e. The summed E-state index contributed by atoms with van der Waals surface area (Å²) in [4.78, 5) is 11.8. The summed E-state index contributed by atoms with van der Waals surface area (Å²) in [5.41, 5.74) is 1.76. The van der Waals surface area contributed by atoms with Gasteiger partial charge in [0.2, 0.25) is 0 Å². The molecular formula is C15H16O3. The van der Waals surface area contributed by atoms with E-state index in [0.29, 0.717) is 18.6 Å². The van der Waals surface area contributed by atoms with Crippen LogP contribution in [-0.4, -0.2) is 17.0 Å². The molecule has 1 aromatic carbocycles. The molecule has 0 spiro atoms. The first kappa shape index (κ1) is 12.4. The van der Waals surface area contributed by atoms with Crippen LogP contribution in [-0.2, 0) is 4.79 Å². The van der Waals surface area contributed by atoms with Crippen LogP contribution in [0.15, 0.2) is 48.1 Å². The summed E-state index contributed by atoms with van der Waals surface area (Å²) in [6, 6.07) is 6.61. The molecule has 3 nitrogen and oxygen atoms in total. The molecule has 0 saturated heterocycles. The zero-order valence-corrected chi connectivity index (χ0v) is 10.3. The van der Waals surface area contributed by atoms with Gasteiger partial charge >= 0.3 is 0 Å². The predicted molar refractivity (Wildman–Crippen MR) is 69.7 cm³/mol. The summed E-state index contributed by atoms with van der Waals surface area (Å²) >= 11 is 0. The lowest BCUT2D eigenvalue weighted by Gasteiger charge is -2.14. The van der Waals surface area contributed by atoms with Gasteiger partial charge in [0.15, 0.2) is 5.78 Å². The number of hydrogen-bond donors (Lipinski definition) is 1. The maximum atomic E-state index is 11.8. The van der Waals surface area contributed by atoms with Crippen LogP contribution in [0, 0.1) is 0 Å². The fraction of sp³-hybridized carbons (Fsp3) is 0.267. The highest BCUT2D eigenvalue weighted by Gasteiger charge is 2.30. The Hall–Kier alpha value is -2.03. The maximum Gasteiger partial charge on any atom is 0.163 e. The fourth-order valence-electron chi connectivity index (χ4n) is 2.13. The molecule has 1 aliphatic carbocycles. The average Bonchev–Trinajstić information content (AvgIpc) is 2.57. The van der Waals surface area contributed by atoms with Crippen LogP contribution in [0.5, 0.6) is 11.5 Å². The van der Waals surface area contributed by atoms with E-state index in [4.69, 9.17) is 4.74 Å². The number of carbonyl (C=O) groups excluding carboxylic acids is 1. The highest BCUT2D eigenvalue weighted by atomic mass is 16.5. The predicted octanol–water partition coefficient (Wildman–Crippen LogP) is 3.01. The molecule has 1 N–H and O–H groups in total. The van der Waals surface area contributed by atoms with Crippen LogP contribution >= 0.6 is 0 Å². The fourth-order valence-corrected chi connectivity index (χ4v) is 2.13. The van der Waals surface area contributed by atoms with Gasteiger partial charge < -0.3 is 9.84 Å². The smallest absolute Gasteiger partial charge is 0.163 e. The van der Waals surface area contributed by atoms with E-state index in [1.807, 2.05) is 6.92 Å². The lowest BCUT2D eigenvalue weighted by molar-refractivity contribution is -0.115. The Kier molecular flexibility index (Phi) is 3.51. The average molecular weight is 244 g/mol. The van der Waals surface area contributed by atoms with Crippen LogP contribution in [0.3, 0.4) is 0 Å². The maximum absolute atomic E-state index is 11.8. The summed E-state index contributed by atoms with van der Waals surface area (Å²) in [6.07, 6.45) is 2.46. The second-order valence-corrected chi connectivity index (χ2v) is 4.39. The zero-order chi connectivity index (χ0) is 13.1. The van der Waals surface area contributed by atoms with Crippen molar-refractivity contribution < 1.29 is 14.6 Å². The number of phenolic OH excluding ortho intramolecular Hbond substituents is 1. The summed E-state index contributed by atoms with van der Waals surface area (Å²) in [5, 5.41) is 9.37. The lowest BCUT2D eigenvalue weighted by atomic mass is 10.1. The molecule has 1 atom stereocenters. The third kappa shape index (κ3) is 2.45. The van der Waals surface area contributed by atoms with E-state index in [2.05, 4.69) is 6.58 Å². The van der Waals surface area contributed by atoms with Gasteiger partial charge in [-0.3, -0.25) is 4.79 Å². The summed E-state index contributed by atoms with van der Waals surface area (Å²) in [5.74, 6) is 0.856. The van der Waals surface area contributed by atoms with Gasteiger partial charge in [-0.2, -0.15) is 0 Å². The van der Waals surface area contributed by atoms with E-state index in [1.54, 1.807) is 30.3 Å². The lowest BCUT2D eigenvalue weighted by Crippen LogP contribution is -2.15. The van der Waals surface area contributed by atoms with Crippen molar-refractivity contribution in [2.45, 2.75) is 25.9 Å². The number of rotatable bonds is 4. The number of allylic oxidation sites excluding steroid dienone is 2. The Bertz CT molecular complexity index is 514. The highest BCUT2D eigenvalue weighted by molar-refractivity contribution is 5.99. The molecule has 0 aliphatic heterocycles. The number of ketones is 1. The molecule has 0 fully saturated rings. The molecular weight excluding hydrogens is 228 g/mol. The number of carbonyl (C=O) groups is 1. The molecule has 0 amide bonds. The highest BCUT2D eigenvalue weighted by Crippen LogP contribution is 2.30. The first-order valence-corrected chi connectivity index (χ1v) is 5.91. The van der Waals surface area contributed by atoms with Crippen LogP contribution in [0.2, 0.25) is 0 Å². The molecule has 0 aromatic heterocycles. The van der Waals surface area contributed by atoms with Gasteiger partial charge in [0.05, 0.1) is 6.42 Å². The number of benzene rings is 1. The van der Waals surface area contributed by atoms with E-state index in [1.165, 1.54) is 0 Å². The van der Waals surface area contributed by atoms with Crippen molar-refractivity contribution in [3.63, 3.8) is 0 Å². The van der Waals surface area contributed by atoms with Gasteiger partial charge in [-0.1, -0.05) is 12.1 Å². The standard InChI is InChI=1S/C15H16O3/c1-3-5-13-10(2)15(9-14(13)17)18-12-7-4-6-11(16)8-12/h3-4,6-8,15-16H,1,5,9H2,2H3. The molecule has 1 aliphatic rings. The van der Waals surface area contributed by atoms with Crippen LogP contribution in [0.1, 0.15) is 19.8 Å². The molecule has 18 heavy (non-hydrogen) atoms. The molecule has 1 aromatic rings. The Morgan fingerprint density at radius 1 is 1.56 bits per heavy atom. The topological polar surface area (TPSA) is 46.5 Å². The Morgan fingerprint density at radius 2 is 2.33 bits per heavy atom. The number of hydrogen-bond acceptors (Lipinski definition) is 3. The molecule has 3 heteroatoms. The van der Waals surface area contributed by atoms with Crippen molar-refractivity contribution in [3.8, 4) is 11.5 Å². The van der Waals surface area contributed by atoms with Gasteiger partial charge in [-0.25, -0.2) is 0 Å². The SMILES string of the molecule is C=CCC1=C(C)C(Oc2cccc(O)c2)CC1=O. The second kappa shape index (κ2) is 5.08. The monoisotopic (exact) mass is 244 g/mol. The Balaban J connectivity index is 2.16. The molecule has 0 radical (unpaired) electrons. The van der Waals surface area contributed by atoms with E-state index >= 15 is 0 Å². The first-order valence-electron chi connectivity index (χ1n) is 5.91. The summed E-state index contributed by atoms with van der Waals surface area (Å²) < 4.78 is 5.74. The van der Waals surface area contributed by atoms with Gasteiger partial charge in [0, 0.05) is 11.6 Å². The van der Waals surface area contributed by atoms with Crippen molar-refractivity contribution in [1.82, 2.24) is 0 Å². The number of Topliss-reactive ketones (excluding diaryl/α,β-unsaturated/α-hetero) is 1. The third-order valence-corrected chi connectivity index (χ3v) is 3.11. The van der Waals surface area contributed by atoms with Crippen LogP contribution in [0.25, 0.3) is 0 Å². The van der Waals surface area contributed by atoms with Crippen molar-refractivity contribution in [2.75, 3.05) is 0 Å². The van der Waals surface area contributed by atoms with E-state index in [0.717, 1.165) is 11.1 Å². The van der Waals surface area contributed by atoms with Gasteiger partial charge in [0.25, 0.3) is 0 Å². The second-order valence-electron chi connectivity index (χ2n) is 4.39. The van der Waals surface area contributed by atoms with E-state index < -0.39 is 0 Å². The normalized spacial score (nSPS) is 19.2. The van der Waals surface area contributed by atoms with Gasteiger partial charge in [0.1, 0.15) is 17.6 Å². The molecule has 94 valence electrons. The van der Waals surface area contributed by atoms with Crippen molar-refractivity contribution in [1.29, 1.82) is 0 Å². The molecule has 0 heterocycles. The quantitative estimate of drug-likeness (QED) is 0.828. The summed E-state index contributed by atoms with van der Waals surface area (Å²) in [6.45, 7) is 5.57. The largest absolute Gasteiger partial charge is 0.508 e. The molecule has 1 unspecified atom stereocenters. The molecule has 2 rings (SSSR count). The third-order valence-electron chi connectivity index (χ3n) is 3.11. The summed E-state index contributed by atoms with van der Waals surface area (Å²) in [7, 11) is 0. The number of phenols is 1. The van der Waals surface area contributed by atoms with Gasteiger partial charge in [-0.15, -0.1) is 6.58 Å².